The lowest BCUT2D eigenvalue weighted by atomic mass is 10.0. The van der Waals surface area contributed by atoms with Gasteiger partial charge in [-0.25, -0.2) is 4.98 Å². The Morgan fingerprint density at radius 1 is 1.15 bits per heavy atom. The quantitative estimate of drug-likeness (QED) is 0.768. The monoisotopic (exact) mass is 357 g/mol. The predicted octanol–water partition coefficient (Wildman–Crippen LogP) is -0.255. The Morgan fingerprint density at radius 2 is 1.96 bits per heavy atom. The van der Waals surface area contributed by atoms with Crippen LogP contribution in [0.5, 0.6) is 0 Å². The van der Waals surface area contributed by atoms with Gasteiger partial charge in [0.15, 0.2) is 5.69 Å². The number of H-pyrrole nitrogens is 2. The van der Waals surface area contributed by atoms with Crippen LogP contribution in [0.25, 0.3) is 0 Å². The van der Waals surface area contributed by atoms with Crippen molar-refractivity contribution in [3.8, 4) is 0 Å². The van der Waals surface area contributed by atoms with Gasteiger partial charge in [-0.15, -0.1) is 0 Å². The van der Waals surface area contributed by atoms with Gasteiger partial charge >= 0.3 is 0 Å². The lowest BCUT2D eigenvalue weighted by Crippen LogP contribution is -2.40. The summed E-state index contributed by atoms with van der Waals surface area (Å²) < 4.78 is 0. The zero-order chi connectivity index (χ0) is 18.4. The van der Waals surface area contributed by atoms with E-state index in [1.165, 1.54) is 0 Å². The molecular formula is C17H23N7O2. The molecular weight excluding hydrogens is 334 g/mol. The highest BCUT2D eigenvalue weighted by molar-refractivity contribution is 5.94. The Bertz CT molecular complexity index is 914. The number of aromatic nitrogens is 4. The molecule has 0 saturated carbocycles. The van der Waals surface area contributed by atoms with Crippen LogP contribution >= 0.6 is 0 Å². The molecule has 0 unspecified atom stereocenters. The summed E-state index contributed by atoms with van der Waals surface area (Å²) >= 11 is 0. The first-order chi connectivity index (χ1) is 12.4. The normalized spacial score (nSPS) is 17.0. The fourth-order valence-electron chi connectivity index (χ4n) is 3.57. The number of hydrogen-bond acceptors (Lipinski definition) is 6. The molecule has 2 aliphatic heterocycles. The summed E-state index contributed by atoms with van der Waals surface area (Å²) in [5, 5.41) is 7.30. The Kier molecular flexibility index (Phi) is 4.03. The van der Waals surface area contributed by atoms with Gasteiger partial charge in [0.05, 0.1) is 12.2 Å². The zero-order valence-corrected chi connectivity index (χ0v) is 15.3. The maximum Gasteiger partial charge on any atom is 0.275 e. The van der Waals surface area contributed by atoms with Crippen LogP contribution < -0.4 is 10.5 Å². The molecule has 9 nitrogen and oxygen atoms in total. The third kappa shape index (κ3) is 2.78. The van der Waals surface area contributed by atoms with Crippen LogP contribution in [0.3, 0.4) is 0 Å². The van der Waals surface area contributed by atoms with E-state index < -0.39 is 0 Å². The smallest absolute Gasteiger partial charge is 0.275 e. The van der Waals surface area contributed by atoms with Gasteiger partial charge in [-0.2, -0.15) is 5.10 Å². The number of nitrogens with one attached hydrogen (secondary N) is 2. The van der Waals surface area contributed by atoms with Crippen molar-refractivity contribution in [3.63, 3.8) is 0 Å². The van der Waals surface area contributed by atoms with Crippen LogP contribution in [0.2, 0.25) is 0 Å². The number of fused-ring (bicyclic) bond motifs is 2. The molecule has 0 aromatic carbocycles. The Morgan fingerprint density at radius 3 is 2.73 bits per heavy atom. The molecule has 0 spiro atoms. The number of amides is 1. The van der Waals surface area contributed by atoms with Crippen LogP contribution in [0, 0.1) is 0 Å². The molecule has 2 aromatic heterocycles. The van der Waals surface area contributed by atoms with E-state index in [-0.39, 0.29) is 11.5 Å². The number of hydrogen-bond donors (Lipinski definition) is 2. The first-order valence-corrected chi connectivity index (χ1v) is 8.77. The molecule has 2 N–H and O–H groups in total. The number of anilines is 1. The minimum Gasteiger partial charge on any atom is -0.348 e. The molecule has 0 radical (unpaired) electrons. The molecule has 138 valence electrons. The standard InChI is InChI=1S/C17H23N7O2/c1-22(2)17-18-13-9-24(7-4-10(13)15(25)19-17)16(26)14-11-8-23(3)6-5-12(11)20-21-14/h4-9H2,1-3H3,(H,20,21)(H,18,19,25). The van der Waals surface area contributed by atoms with E-state index in [9.17, 15) is 9.59 Å². The molecule has 0 atom stereocenters. The predicted molar refractivity (Wildman–Crippen MR) is 96.3 cm³/mol. The first kappa shape index (κ1) is 16.8. The second kappa shape index (κ2) is 6.24. The molecule has 4 rings (SSSR count). The number of aromatic amines is 2. The lowest BCUT2D eigenvalue weighted by Gasteiger charge is -2.28. The fourth-order valence-corrected chi connectivity index (χ4v) is 3.57. The van der Waals surface area contributed by atoms with E-state index in [4.69, 9.17) is 0 Å². The Hall–Kier alpha value is -2.68. The Labute approximate surface area is 151 Å². The molecule has 0 aliphatic carbocycles. The van der Waals surface area contributed by atoms with Crippen molar-refractivity contribution in [1.29, 1.82) is 0 Å². The van der Waals surface area contributed by atoms with Gasteiger partial charge in [-0.1, -0.05) is 0 Å². The van der Waals surface area contributed by atoms with E-state index in [1.54, 1.807) is 9.80 Å². The topological polar surface area (TPSA) is 101 Å². The third-order valence-electron chi connectivity index (χ3n) is 5.10. The van der Waals surface area contributed by atoms with Crippen molar-refractivity contribution in [1.82, 2.24) is 30.0 Å². The summed E-state index contributed by atoms with van der Waals surface area (Å²) in [6.07, 6.45) is 1.38. The number of nitrogens with zero attached hydrogens (tertiary/aromatic N) is 5. The molecule has 2 aromatic rings. The van der Waals surface area contributed by atoms with Gasteiger partial charge in [0.1, 0.15) is 0 Å². The zero-order valence-electron chi connectivity index (χ0n) is 15.3. The minimum atomic E-state index is -0.121. The Balaban J connectivity index is 1.62. The second-order valence-corrected chi connectivity index (χ2v) is 7.20. The number of carbonyl (C=O) groups is 1. The van der Waals surface area contributed by atoms with Crippen molar-refractivity contribution in [2.75, 3.05) is 39.1 Å². The van der Waals surface area contributed by atoms with Crippen molar-refractivity contribution in [3.05, 3.63) is 38.6 Å². The lowest BCUT2D eigenvalue weighted by molar-refractivity contribution is 0.0723. The van der Waals surface area contributed by atoms with E-state index in [2.05, 4.69) is 25.1 Å². The van der Waals surface area contributed by atoms with Gasteiger partial charge in [0, 0.05) is 57.0 Å². The molecule has 0 fully saturated rings. The molecule has 0 saturated heterocycles. The van der Waals surface area contributed by atoms with Gasteiger partial charge in [0.2, 0.25) is 5.95 Å². The molecule has 0 bridgehead atoms. The average Bonchev–Trinajstić information content (AvgIpc) is 3.03. The first-order valence-electron chi connectivity index (χ1n) is 8.77. The van der Waals surface area contributed by atoms with Gasteiger partial charge in [0.25, 0.3) is 11.5 Å². The summed E-state index contributed by atoms with van der Waals surface area (Å²) in [7, 11) is 5.69. The third-order valence-corrected chi connectivity index (χ3v) is 5.10. The van der Waals surface area contributed by atoms with Crippen molar-refractivity contribution < 1.29 is 4.79 Å². The van der Waals surface area contributed by atoms with Gasteiger partial charge in [-0.05, 0) is 13.5 Å². The largest absolute Gasteiger partial charge is 0.348 e. The maximum atomic E-state index is 13.1. The van der Waals surface area contributed by atoms with Crippen LogP contribution in [0.1, 0.15) is 33.0 Å². The van der Waals surface area contributed by atoms with E-state index in [0.717, 1.165) is 30.8 Å². The fraction of sp³-hybridized carbons (Fsp3) is 0.529. The summed E-state index contributed by atoms with van der Waals surface area (Å²) in [6, 6.07) is 0. The van der Waals surface area contributed by atoms with Gasteiger partial charge < -0.3 is 14.7 Å². The summed E-state index contributed by atoms with van der Waals surface area (Å²) in [5.74, 6) is 0.402. The second-order valence-electron chi connectivity index (χ2n) is 7.20. The average molecular weight is 357 g/mol. The summed E-state index contributed by atoms with van der Waals surface area (Å²) in [5.41, 5.74) is 3.75. The number of rotatable bonds is 2. The maximum absolute atomic E-state index is 13.1. The van der Waals surface area contributed by atoms with E-state index >= 15 is 0 Å². The minimum absolute atomic E-state index is 0.100. The van der Waals surface area contributed by atoms with Crippen LogP contribution in [-0.2, 0) is 25.9 Å². The SMILES string of the molecule is CN1CCc2[nH]nc(C(=O)N3CCc4c(nc(N(C)C)[nH]c4=O)C3)c2C1. The van der Waals surface area contributed by atoms with Crippen LogP contribution in [0.4, 0.5) is 5.95 Å². The summed E-state index contributed by atoms with van der Waals surface area (Å²) in [6.45, 7) is 2.51. The highest BCUT2D eigenvalue weighted by atomic mass is 16.2. The molecule has 1 amide bonds. The van der Waals surface area contributed by atoms with Crippen molar-refractivity contribution in [2.45, 2.75) is 25.9 Å². The molecule has 4 heterocycles. The highest BCUT2D eigenvalue weighted by Gasteiger charge is 2.30. The summed E-state index contributed by atoms with van der Waals surface area (Å²) in [4.78, 5) is 38.3. The molecule has 2 aliphatic rings. The van der Waals surface area contributed by atoms with Crippen LogP contribution in [0.15, 0.2) is 4.79 Å². The van der Waals surface area contributed by atoms with Crippen LogP contribution in [-0.4, -0.2) is 70.1 Å². The van der Waals surface area contributed by atoms with Crippen molar-refractivity contribution >= 4 is 11.9 Å². The highest BCUT2D eigenvalue weighted by Crippen LogP contribution is 2.23. The number of carbonyl (C=O) groups excluding carboxylic acids is 1. The van der Waals surface area contributed by atoms with Crippen molar-refractivity contribution in [2.24, 2.45) is 0 Å². The molecule has 9 heteroatoms. The molecule has 26 heavy (non-hydrogen) atoms. The van der Waals surface area contributed by atoms with E-state index in [1.807, 2.05) is 21.1 Å². The van der Waals surface area contributed by atoms with E-state index in [0.29, 0.717) is 42.4 Å². The van der Waals surface area contributed by atoms with Gasteiger partial charge in [-0.3, -0.25) is 19.7 Å². The number of likely N-dealkylation sites (N-methyl/N-ethyl adjacent to an activating group) is 1.